The maximum Gasteiger partial charge on any atom is 0.244 e. The van der Waals surface area contributed by atoms with Crippen LogP contribution in [-0.2, 0) is 10.0 Å². The third-order valence-electron chi connectivity index (χ3n) is 3.17. The van der Waals surface area contributed by atoms with Crippen LogP contribution in [0.15, 0.2) is 23.2 Å². The fraction of sp³-hybridized carbons (Fsp3) is 0.500. The number of nitriles is 1. The highest BCUT2D eigenvalue weighted by molar-refractivity contribution is 7.89. The maximum absolute atomic E-state index is 12.4. The predicted octanol–water partition coefficient (Wildman–Crippen LogP) is 0.279. The van der Waals surface area contributed by atoms with Crippen molar-refractivity contribution in [3.05, 3.63) is 24.0 Å². The quantitative estimate of drug-likeness (QED) is 0.777. The fourth-order valence-electron chi connectivity index (χ4n) is 2.01. The molecule has 0 aliphatic carbocycles. The van der Waals surface area contributed by atoms with Gasteiger partial charge in [-0.05, 0) is 32.1 Å². The number of sulfonamides is 1. The SMILES string of the molecule is CN1CCCN(S(=O)(=O)c2ccc(C#N)nc2)CC1. The van der Waals surface area contributed by atoms with Crippen molar-refractivity contribution < 1.29 is 8.42 Å². The molecule has 0 aromatic carbocycles. The maximum atomic E-state index is 12.4. The summed E-state index contributed by atoms with van der Waals surface area (Å²) in [7, 11) is -1.51. The van der Waals surface area contributed by atoms with Gasteiger partial charge in [0.05, 0.1) is 0 Å². The molecule has 1 aliphatic rings. The lowest BCUT2D eigenvalue weighted by Crippen LogP contribution is -2.34. The van der Waals surface area contributed by atoms with Crippen LogP contribution in [0.3, 0.4) is 0 Å². The van der Waals surface area contributed by atoms with Crippen molar-refractivity contribution >= 4 is 10.0 Å². The zero-order valence-corrected chi connectivity index (χ0v) is 11.6. The summed E-state index contributed by atoms with van der Waals surface area (Å²) in [6.45, 7) is 2.63. The molecule has 2 rings (SSSR count). The van der Waals surface area contributed by atoms with E-state index in [1.54, 1.807) is 0 Å². The van der Waals surface area contributed by atoms with Crippen LogP contribution in [0.4, 0.5) is 0 Å². The molecular formula is C12H16N4O2S. The number of pyridine rings is 1. The molecule has 2 heterocycles. The van der Waals surface area contributed by atoms with E-state index < -0.39 is 10.0 Å². The zero-order chi connectivity index (χ0) is 13.9. The van der Waals surface area contributed by atoms with E-state index in [4.69, 9.17) is 5.26 Å². The molecule has 102 valence electrons. The van der Waals surface area contributed by atoms with E-state index in [1.165, 1.54) is 22.6 Å². The van der Waals surface area contributed by atoms with Crippen LogP contribution in [0.1, 0.15) is 12.1 Å². The van der Waals surface area contributed by atoms with Gasteiger partial charge in [0.1, 0.15) is 16.7 Å². The van der Waals surface area contributed by atoms with Crippen molar-refractivity contribution in [2.45, 2.75) is 11.3 Å². The molecule has 0 unspecified atom stereocenters. The number of hydrogen-bond acceptors (Lipinski definition) is 5. The molecule has 19 heavy (non-hydrogen) atoms. The van der Waals surface area contributed by atoms with E-state index >= 15 is 0 Å². The first-order chi connectivity index (χ1) is 9.04. The summed E-state index contributed by atoms with van der Waals surface area (Å²) in [5, 5.41) is 8.67. The standard InChI is InChI=1S/C12H16N4O2S/c1-15-5-2-6-16(8-7-15)19(17,18)12-4-3-11(9-13)14-10-12/h3-4,10H,2,5-8H2,1H3. The molecule has 0 amide bonds. The van der Waals surface area contributed by atoms with Gasteiger partial charge < -0.3 is 4.90 Å². The molecule has 1 aliphatic heterocycles. The number of hydrogen-bond donors (Lipinski definition) is 0. The minimum Gasteiger partial charge on any atom is -0.305 e. The molecule has 1 aromatic heterocycles. The first-order valence-corrected chi connectivity index (χ1v) is 7.53. The minimum atomic E-state index is -3.50. The Labute approximate surface area is 113 Å². The molecule has 0 N–H and O–H groups in total. The first-order valence-electron chi connectivity index (χ1n) is 6.09. The van der Waals surface area contributed by atoms with Crippen LogP contribution in [0.2, 0.25) is 0 Å². The molecule has 0 spiro atoms. The molecular weight excluding hydrogens is 264 g/mol. The summed E-state index contributed by atoms with van der Waals surface area (Å²) in [6, 6.07) is 4.74. The number of nitrogens with zero attached hydrogens (tertiary/aromatic N) is 4. The van der Waals surface area contributed by atoms with Crippen molar-refractivity contribution in [3.63, 3.8) is 0 Å². The van der Waals surface area contributed by atoms with E-state index in [0.29, 0.717) is 13.1 Å². The van der Waals surface area contributed by atoms with Gasteiger partial charge in [-0.15, -0.1) is 0 Å². The van der Waals surface area contributed by atoms with E-state index in [-0.39, 0.29) is 10.6 Å². The van der Waals surface area contributed by atoms with Gasteiger partial charge in [-0.25, -0.2) is 13.4 Å². The highest BCUT2D eigenvalue weighted by Gasteiger charge is 2.26. The summed E-state index contributed by atoms with van der Waals surface area (Å²) < 4.78 is 26.3. The Kier molecular flexibility index (Phi) is 4.14. The van der Waals surface area contributed by atoms with Crippen molar-refractivity contribution in [1.82, 2.24) is 14.2 Å². The summed E-state index contributed by atoms with van der Waals surface area (Å²) in [5.41, 5.74) is 0.217. The molecule has 7 heteroatoms. The van der Waals surface area contributed by atoms with Crippen molar-refractivity contribution in [1.29, 1.82) is 5.26 Å². The monoisotopic (exact) mass is 280 g/mol. The second kappa shape index (κ2) is 5.65. The number of rotatable bonds is 2. The van der Waals surface area contributed by atoms with Gasteiger partial charge >= 0.3 is 0 Å². The second-order valence-electron chi connectivity index (χ2n) is 4.55. The molecule has 0 radical (unpaired) electrons. The Morgan fingerprint density at radius 2 is 2.05 bits per heavy atom. The van der Waals surface area contributed by atoms with E-state index in [2.05, 4.69) is 9.88 Å². The summed E-state index contributed by atoms with van der Waals surface area (Å²) in [5.74, 6) is 0. The normalized spacial score (nSPS) is 18.7. The molecule has 1 fully saturated rings. The largest absolute Gasteiger partial charge is 0.305 e. The van der Waals surface area contributed by atoms with Crippen LogP contribution in [0.25, 0.3) is 0 Å². The van der Waals surface area contributed by atoms with Crippen LogP contribution >= 0.6 is 0 Å². The molecule has 1 aromatic rings. The van der Waals surface area contributed by atoms with Crippen LogP contribution in [-0.4, -0.2) is 55.8 Å². The Bertz CT molecular complexity index is 577. The van der Waals surface area contributed by atoms with E-state index in [0.717, 1.165) is 19.5 Å². The summed E-state index contributed by atoms with van der Waals surface area (Å²) >= 11 is 0. The van der Waals surface area contributed by atoms with Crippen molar-refractivity contribution in [3.8, 4) is 6.07 Å². The molecule has 0 saturated carbocycles. The molecule has 0 bridgehead atoms. The highest BCUT2D eigenvalue weighted by Crippen LogP contribution is 2.16. The molecule has 0 atom stereocenters. The van der Waals surface area contributed by atoms with Crippen LogP contribution < -0.4 is 0 Å². The van der Waals surface area contributed by atoms with Gasteiger partial charge in [0.2, 0.25) is 10.0 Å². The van der Waals surface area contributed by atoms with E-state index in [9.17, 15) is 8.42 Å². The lowest BCUT2D eigenvalue weighted by Gasteiger charge is -2.19. The average Bonchev–Trinajstić information content (AvgIpc) is 2.64. The third kappa shape index (κ3) is 3.10. The van der Waals surface area contributed by atoms with Crippen molar-refractivity contribution in [2.24, 2.45) is 0 Å². The topological polar surface area (TPSA) is 77.3 Å². The minimum absolute atomic E-state index is 0.149. The molecule has 1 saturated heterocycles. The Hall–Kier alpha value is -1.49. The summed E-state index contributed by atoms with van der Waals surface area (Å²) in [6.07, 6.45) is 2.07. The Morgan fingerprint density at radius 3 is 2.68 bits per heavy atom. The van der Waals surface area contributed by atoms with Crippen LogP contribution in [0, 0.1) is 11.3 Å². The van der Waals surface area contributed by atoms with Gasteiger partial charge in [0, 0.05) is 25.8 Å². The van der Waals surface area contributed by atoms with Gasteiger partial charge in [0.25, 0.3) is 0 Å². The number of aromatic nitrogens is 1. The summed E-state index contributed by atoms with van der Waals surface area (Å²) in [4.78, 5) is 6.09. The van der Waals surface area contributed by atoms with Gasteiger partial charge in [-0.3, -0.25) is 0 Å². The first kappa shape index (κ1) is 13.9. The fourth-order valence-corrected chi connectivity index (χ4v) is 3.43. The average molecular weight is 280 g/mol. The predicted molar refractivity (Wildman–Crippen MR) is 69.8 cm³/mol. The number of likely N-dealkylation sites (N-methyl/N-ethyl adjacent to an activating group) is 1. The van der Waals surface area contributed by atoms with Crippen LogP contribution in [0.5, 0.6) is 0 Å². The Morgan fingerprint density at radius 1 is 1.26 bits per heavy atom. The second-order valence-corrected chi connectivity index (χ2v) is 6.49. The lowest BCUT2D eigenvalue weighted by molar-refractivity contribution is 0.347. The Balaban J connectivity index is 2.23. The highest BCUT2D eigenvalue weighted by atomic mass is 32.2. The van der Waals surface area contributed by atoms with E-state index in [1.807, 2.05) is 13.1 Å². The third-order valence-corrected chi connectivity index (χ3v) is 5.05. The van der Waals surface area contributed by atoms with Gasteiger partial charge in [-0.1, -0.05) is 0 Å². The van der Waals surface area contributed by atoms with Gasteiger partial charge in [-0.2, -0.15) is 9.57 Å². The molecule has 6 nitrogen and oxygen atoms in total. The van der Waals surface area contributed by atoms with Gasteiger partial charge in [0.15, 0.2) is 0 Å². The van der Waals surface area contributed by atoms with Crippen molar-refractivity contribution in [2.75, 3.05) is 33.2 Å². The lowest BCUT2D eigenvalue weighted by atomic mass is 10.4. The smallest absolute Gasteiger partial charge is 0.244 e. The zero-order valence-electron chi connectivity index (χ0n) is 10.8.